The Morgan fingerprint density at radius 1 is 1.22 bits per heavy atom. The van der Waals surface area contributed by atoms with Gasteiger partial charge in [-0.05, 0) is 13.8 Å². The van der Waals surface area contributed by atoms with Crippen LogP contribution in [0.2, 0.25) is 0 Å². The molecule has 9 heavy (non-hydrogen) atoms. The van der Waals surface area contributed by atoms with E-state index in [0.717, 1.165) is 0 Å². The number of ketones is 1. The fourth-order valence-electron chi connectivity index (χ4n) is 0.0393. The second-order valence-electron chi connectivity index (χ2n) is 1.48. The van der Waals surface area contributed by atoms with E-state index in [4.69, 9.17) is 0 Å². The Bertz CT molecular complexity index is 86.5. The lowest BCUT2D eigenvalue weighted by molar-refractivity contribution is -0.115. The first kappa shape index (κ1) is 10.9. The van der Waals surface area contributed by atoms with Crippen molar-refractivity contribution in [3.8, 4) is 0 Å². The highest BCUT2D eigenvalue weighted by Crippen LogP contribution is 1.50. The minimum atomic E-state index is 0.0278. The zero-order chi connectivity index (χ0) is 7.70. The molecule has 52 valence electrons. The van der Waals surface area contributed by atoms with Gasteiger partial charge >= 0.3 is 0 Å². The third-order valence-corrected chi connectivity index (χ3v) is 0.192. The summed E-state index contributed by atoms with van der Waals surface area (Å²) in [5, 5.41) is 0. The van der Waals surface area contributed by atoms with Gasteiger partial charge in [-0.3, -0.25) is 0 Å². The molecule has 0 spiro atoms. The molecule has 0 heterocycles. The molecule has 0 N–H and O–H groups in total. The Labute approximate surface area is 54.1 Å². The molecule has 0 atom stereocenters. The van der Waals surface area contributed by atoms with E-state index in [1.807, 2.05) is 0 Å². The summed E-state index contributed by atoms with van der Waals surface area (Å²) in [6, 6.07) is 0. The van der Waals surface area contributed by atoms with Crippen molar-refractivity contribution in [1.82, 2.24) is 0 Å². The van der Waals surface area contributed by atoms with Gasteiger partial charge in [0, 0.05) is 0 Å². The van der Waals surface area contributed by atoms with Crippen molar-refractivity contribution in [3.05, 3.63) is 0 Å². The Hall–Kier alpha value is -0.990. The van der Waals surface area contributed by atoms with Gasteiger partial charge in [-0.2, -0.15) is 0 Å². The molecular weight excluding hydrogens is 120 g/mol. The van der Waals surface area contributed by atoms with Crippen molar-refractivity contribution in [3.63, 3.8) is 0 Å². The summed E-state index contributed by atoms with van der Waals surface area (Å²) in [4.78, 5) is 27.8. The van der Waals surface area contributed by atoms with Crippen LogP contribution in [0.4, 0.5) is 0 Å². The van der Waals surface area contributed by atoms with Gasteiger partial charge < -0.3 is 14.4 Å². The highest BCUT2D eigenvalue weighted by Gasteiger charge is 1.65. The van der Waals surface area contributed by atoms with Crippen molar-refractivity contribution >= 4 is 18.4 Å². The third-order valence-electron chi connectivity index (χ3n) is 0.192. The normalized spacial score (nSPS) is 6.44. The first-order valence-corrected chi connectivity index (χ1v) is 2.49. The second kappa shape index (κ2) is 10.1. The number of carbonyl (C=O) groups is 3. The SMILES string of the molecule is CC(C)=O.O=CCC=O. The number of rotatable bonds is 2. The van der Waals surface area contributed by atoms with Crippen molar-refractivity contribution in [2.45, 2.75) is 20.3 Å². The molecule has 3 nitrogen and oxygen atoms in total. The Morgan fingerprint density at radius 3 is 1.44 bits per heavy atom. The van der Waals surface area contributed by atoms with Crippen LogP contribution in [0.5, 0.6) is 0 Å². The standard InChI is InChI=1S/C3H4O2.C3H6O/c4-2-1-3-5;1-3(2)4/h2-3H,1H2;1-2H3. The van der Waals surface area contributed by atoms with Crippen molar-refractivity contribution < 1.29 is 14.4 Å². The predicted octanol–water partition coefficient (Wildman–Crippen LogP) is 0.370. The second-order valence-corrected chi connectivity index (χ2v) is 1.48. The fourth-order valence-corrected chi connectivity index (χ4v) is 0.0393. The topological polar surface area (TPSA) is 51.2 Å². The van der Waals surface area contributed by atoms with Gasteiger partial charge in [-0.15, -0.1) is 0 Å². The van der Waals surface area contributed by atoms with E-state index in [2.05, 4.69) is 0 Å². The van der Waals surface area contributed by atoms with Crippen molar-refractivity contribution in [2.24, 2.45) is 0 Å². The quantitative estimate of drug-likeness (QED) is 0.401. The van der Waals surface area contributed by atoms with E-state index in [1.165, 1.54) is 13.8 Å². The molecule has 3 heteroatoms. The number of aldehydes is 2. The number of Topliss-reactive ketones (excluding diaryl/α,β-unsaturated/α-hetero) is 1. The van der Waals surface area contributed by atoms with E-state index >= 15 is 0 Å². The molecule has 0 fully saturated rings. The van der Waals surface area contributed by atoms with Gasteiger partial charge in [0.2, 0.25) is 0 Å². The highest BCUT2D eigenvalue weighted by molar-refractivity contribution is 5.72. The first-order valence-electron chi connectivity index (χ1n) is 2.49. The molecule has 0 aliphatic carbocycles. The van der Waals surface area contributed by atoms with Crippen LogP contribution in [0, 0.1) is 0 Å². The molecule has 0 aromatic heterocycles. The van der Waals surface area contributed by atoms with Crippen LogP contribution < -0.4 is 0 Å². The summed E-state index contributed by atoms with van der Waals surface area (Å²) in [5.41, 5.74) is 0. The van der Waals surface area contributed by atoms with Gasteiger partial charge in [0.1, 0.15) is 18.4 Å². The first-order chi connectivity index (χ1) is 4.15. The smallest absolute Gasteiger partial charge is 0.127 e. The van der Waals surface area contributed by atoms with E-state index in [-0.39, 0.29) is 12.2 Å². The monoisotopic (exact) mass is 130 g/mol. The predicted molar refractivity (Wildman–Crippen MR) is 33.1 cm³/mol. The van der Waals surface area contributed by atoms with Crippen LogP contribution in [0.1, 0.15) is 20.3 Å². The summed E-state index contributed by atoms with van der Waals surface area (Å²) < 4.78 is 0. The summed E-state index contributed by atoms with van der Waals surface area (Å²) >= 11 is 0. The lowest BCUT2D eigenvalue weighted by Crippen LogP contribution is -1.69. The van der Waals surface area contributed by atoms with Gasteiger partial charge in [0.15, 0.2) is 0 Å². The van der Waals surface area contributed by atoms with Crippen molar-refractivity contribution in [1.29, 1.82) is 0 Å². The van der Waals surface area contributed by atoms with E-state index in [1.54, 1.807) is 0 Å². The maximum Gasteiger partial charge on any atom is 0.127 e. The maximum absolute atomic E-state index is 9.44. The minimum absolute atomic E-state index is 0.0278. The molecule has 0 aromatic rings. The fraction of sp³-hybridized carbons (Fsp3) is 0.500. The van der Waals surface area contributed by atoms with Gasteiger partial charge in [0.05, 0.1) is 6.42 Å². The van der Waals surface area contributed by atoms with Crippen LogP contribution in [-0.2, 0) is 14.4 Å². The Morgan fingerprint density at radius 2 is 1.44 bits per heavy atom. The van der Waals surface area contributed by atoms with Gasteiger partial charge in [-0.25, -0.2) is 0 Å². The molecule has 0 aliphatic heterocycles. The summed E-state index contributed by atoms with van der Waals surface area (Å²) in [6.07, 6.45) is 1.15. The molecule has 0 saturated carbocycles. The third kappa shape index (κ3) is 172. The zero-order valence-corrected chi connectivity index (χ0v) is 5.59. The molecule has 0 rings (SSSR count). The van der Waals surface area contributed by atoms with Crippen LogP contribution in [0.15, 0.2) is 0 Å². The average molecular weight is 130 g/mol. The largest absolute Gasteiger partial charge is 0.303 e. The van der Waals surface area contributed by atoms with E-state index in [0.29, 0.717) is 12.6 Å². The lowest BCUT2D eigenvalue weighted by Gasteiger charge is -1.56. The van der Waals surface area contributed by atoms with Crippen molar-refractivity contribution in [2.75, 3.05) is 0 Å². The summed E-state index contributed by atoms with van der Waals surface area (Å²) in [7, 11) is 0. The molecule has 0 radical (unpaired) electrons. The molecule has 0 amide bonds. The summed E-state index contributed by atoms with van der Waals surface area (Å²) in [5.74, 6) is 0.167. The number of carbonyl (C=O) groups excluding carboxylic acids is 3. The van der Waals surface area contributed by atoms with E-state index in [9.17, 15) is 14.4 Å². The molecule has 0 unspecified atom stereocenters. The molecule has 0 aromatic carbocycles. The molecule has 0 aliphatic rings. The molecule has 0 bridgehead atoms. The zero-order valence-electron chi connectivity index (χ0n) is 5.59. The highest BCUT2D eigenvalue weighted by atomic mass is 16.1. The Balaban J connectivity index is 0. The molecule has 0 saturated heterocycles. The van der Waals surface area contributed by atoms with Gasteiger partial charge in [0.25, 0.3) is 0 Å². The van der Waals surface area contributed by atoms with Gasteiger partial charge in [-0.1, -0.05) is 0 Å². The Kier molecular flexibility index (Phi) is 12.2. The lowest BCUT2D eigenvalue weighted by atomic mass is 10.6. The summed E-state index contributed by atoms with van der Waals surface area (Å²) in [6.45, 7) is 3.06. The minimum Gasteiger partial charge on any atom is -0.303 e. The number of hydrogen-bond acceptors (Lipinski definition) is 3. The average Bonchev–Trinajstić information content (AvgIpc) is 1.66. The van der Waals surface area contributed by atoms with Crippen LogP contribution in [-0.4, -0.2) is 18.4 Å². The van der Waals surface area contributed by atoms with Crippen LogP contribution in [0.25, 0.3) is 0 Å². The van der Waals surface area contributed by atoms with Crippen LogP contribution >= 0.6 is 0 Å². The maximum atomic E-state index is 9.44. The number of hydrogen-bond donors (Lipinski definition) is 0. The molecular formula is C6H10O3. The van der Waals surface area contributed by atoms with E-state index < -0.39 is 0 Å². The van der Waals surface area contributed by atoms with Crippen LogP contribution in [0.3, 0.4) is 0 Å².